The van der Waals surface area contributed by atoms with Crippen LogP contribution in [0.3, 0.4) is 0 Å². The van der Waals surface area contributed by atoms with E-state index in [2.05, 4.69) is 10.3 Å². The van der Waals surface area contributed by atoms with Crippen molar-refractivity contribution in [2.45, 2.75) is 25.3 Å². The monoisotopic (exact) mass is 449 g/mol. The average Bonchev–Trinajstić information content (AvgIpc) is 3.55. The molecule has 32 heavy (non-hydrogen) atoms. The second kappa shape index (κ2) is 8.76. The van der Waals surface area contributed by atoms with Gasteiger partial charge in [0.1, 0.15) is 17.8 Å². The Balaban J connectivity index is 1.45. The Hall–Kier alpha value is -3.16. The molecule has 0 aliphatic carbocycles. The molecule has 1 atom stereocenters. The first-order valence-corrected chi connectivity index (χ1v) is 11.1. The summed E-state index contributed by atoms with van der Waals surface area (Å²) in [6.07, 6.45) is 3.53. The molecule has 1 aliphatic heterocycles. The van der Waals surface area contributed by atoms with Gasteiger partial charge in [0.05, 0.1) is 11.0 Å². The molecule has 0 radical (unpaired) electrons. The topological polar surface area (TPSA) is 76.2 Å². The fourth-order valence-corrected chi connectivity index (χ4v) is 4.28. The van der Waals surface area contributed by atoms with Crippen LogP contribution in [0.2, 0.25) is 5.02 Å². The van der Waals surface area contributed by atoms with Crippen molar-refractivity contribution in [3.05, 3.63) is 65.6 Å². The number of likely N-dealkylation sites (N-methyl/N-ethyl adjacent to an activating group) is 1. The molecule has 2 aromatic heterocycles. The number of carbonyl (C=O) groups is 1. The Kier molecular flexibility index (Phi) is 5.68. The van der Waals surface area contributed by atoms with E-state index in [1.807, 2.05) is 65.0 Å². The van der Waals surface area contributed by atoms with Crippen LogP contribution in [-0.4, -0.2) is 51.5 Å². The zero-order chi connectivity index (χ0) is 22.1. The smallest absolute Gasteiger partial charge is 0.308 e. The molecule has 164 valence electrons. The summed E-state index contributed by atoms with van der Waals surface area (Å²) in [6.45, 7) is 1.54. The third kappa shape index (κ3) is 4.01. The highest BCUT2D eigenvalue weighted by Crippen LogP contribution is 2.29. The number of imidazole rings is 1. The minimum atomic E-state index is 0.135. The lowest BCUT2D eigenvalue weighted by molar-refractivity contribution is -0.130. The molecule has 3 heterocycles. The number of hydrogen-bond acceptors (Lipinski definition) is 5. The number of aryl methyl sites for hydroxylation is 1. The maximum Gasteiger partial charge on any atom is 0.308 e. The van der Waals surface area contributed by atoms with Crippen LogP contribution < -0.4 is 5.32 Å². The molecule has 7 nitrogen and oxygen atoms in total. The van der Waals surface area contributed by atoms with Crippen LogP contribution in [0.25, 0.3) is 28.3 Å². The molecular formula is C24H24ClN5O2. The van der Waals surface area contributed by atoms with Gasteiger partial charge in [0.25, 0.3) is 0 Å². The lowest BCUT2D eigenvalue weighted by Crippen LogP contribution is -2.33. The van der Waals surface area contributed by atoms with Gasteiger partial charge in [-0.1, -0.05) is 35.9 Å². The molecule has 0 spiro atoms. The van der Waals surface area contributed by atoms with E-state index in [0.29, 0.717) is 35.7 Å². The van der Waals surface area contributed by atoms with Crippen LogP contribution in [0.1, 0.15) is 18.6 Å². The highest BCUT2D eigenvalue weighted by atomic mass is 35.5. The summed E-state index contributed by atoms with van der Waals surface area (Å²) in [6, 6.07) is 16.1. The van der Waals surface area contributed by atoms with E-state index in [4.69, 9.17) is 21.0 Å². The Morgan fingerprint density at radius 2 is 2.03 bits per heavy atom. The summed E-state index contributed by atoms with van der Waals surface area (Å²) in [5, 5.41) is 3.90. The van der Waals surface area contributed by atoms with E-state index in [1.165, 1.54) is 0 Å². The first kappa shape index (κ1) is 20.7. The first-order valence-electron chi connectivity index (χ1n) is 10.8. The highest BCUT2D eigenvalue weighted by molar-refractivity contribution is 6.30. The Bertz CT molecular complexity index is 1250. The summed E-state index contributed by atoms with van der Waals surface area (Å²) in [5.74, 6) is 0.814. The molecule has 4 aromatic rings. The Morgan fingerprint density at radius 3 is 2.81 bits per heavy atom. The fraction of sp³-hybridized carbons (Fsp3) is 0.292. The maximum absolute atomic E-state index is 12.8. The zero-order valence-electron chi connectivity index (χ0n) is 17.8. The van der Waals surface area contributed by atoms with Crippen molar-refractivity contribution in [1.82, 2.24) is 24.8 Å². The van der Waals surface area contributed by atoms with Crippen molar-refractivity contribution >= 4 is 28.5 Å². The summed E-state index contributed by atoms with van der Waals surface area (Å²) in [4.78, 5) is 23.9. The highest BCUT2D eigenvalue weighted by Gasteiger charge is 2.26. The number of nitrogens with one attached hydrogen (secondary N) is 1. The number of carbonyl (C=O) groups excluding carboxylic acids is 1. The predicted molar refractivity (Wildman–Crippen MR) is 124 cm³/mol. The summed E-state index contributed by atoms with van der Waals surface area (Å²) < 4.78 is 8.03. The van der Waals surface area contributed by atoms with Crippen molar-refractivity contribution in [3.63, 3.8) is 0 Å². The van der Waals surface area contributed by atoms with Gasteiger partial charge in [-0.05, 0) is 37.7 Å². The van der Waals surface area contributed by atoms with E-state index < -0.39 is 0 Å². The van der Waals surface area contributed by atoms with Gasteiger partial charge in [0.2, 0.25) is 5.91 Å². The van der Waals surface area contributed by atoms with E-state index in [9.17, 15) is 4.79 Å². The van der Waals surface area contributed by atoms with Gasteiger partial charge in [-0.25, -0.2) is 4.98 Å². The molecule has 1 N–H and O–H groups in total. The fourth-order valence-electron chi connectivity index (χ4n) is 4.16. The van der Waals surface area contributed by atoms with Crippen molar-refractivity contribution in [1.29, 1.82) is 0 Å². The van der Waals surface area contributed by atoms with Gasteiger partial charge in [-0.15, -0.1) is 0 Å². The summed E-state index contributed by atoms with van der Waals surface area (Å²) in [5.41, 5.74) is 3.39. The molecule has 0 bridgehead atoms. The molecule has 1 amide bonds. The average molecular weight is 450 g/mol. The number of fused-ring (bicyclic) bond motifs is 1. The molecule has 0 saturated carbocycles. The number of aromatic nitrogens is 3. The van der Waals surface area contributed by atoms with Crippen molar-refractivity contribution in [2.75, 3.05) is 20.1 Å². The van der Waals surface area contributed by atoms with Gasteiger partial charge in [-0.3, -0.25) is 9.36 Å². The quantitative estimate of drug-likeness (QED) is 0.480. The second-order valence-electron chi connectivity index (χ2n) is 7.99. The van der Waals surface area contributed by atoms with E-state index in [-0.39, 0.29) is 5.91 Å². The number of oxazole rings is 1. The number of halogens is 1. The van der Waals surface area contributed by atoms with Crippen LogP contribution in [0.5, 0.6) is 0 Å². The summed E-state index contributed by atoms with van der Waals surface area (Å²) in [7, 11) is 1.94. The number of benzene rings is 2. The second-order valence-corrected chi connectivity index (χ2v) is 8.43. The Morgan fingerprint density at radius 1 is 1.22 bits per heavy atom. The Labute approximate surface area is 191 Å². The third-order valence-electron chi connectivity index (χ3n) is 5.98. The van der Waals surface area contributed by atoms with Gasteiger partial charge >= 0.3 is 6.01 Å². The summed E-state index contributed by atoms with van der Waals surface area (Å²) >= 11 is 6.08. The molecule has 8 heteroatoms. The normalized spacial score (nSPS) is 16.2. The number of nitrogens with zero attached hydrogens (tertiary/aromatic N) is 4. The van der Waals surface area contributed by atoms with E-state index >= 15 is 0 Å². The first-order chi connectivity index (χ1) is 15.6. The number of hydrogen-bond donors (Lipinski definition) is 1. The third-order valence-corrected chi connectivity index (χ3v) is 6.23. The van der Waals surface area contributed by atoms with Crippen LogP contribution in [-0.2, 0) is 11.2 Å². The van der Waals surface area contributed by atoms with Crippen molar-refractivity contribution in [2.24, 2.45) is 0 Å². The molecular weight excluding hydrogens is 426 g/mol. The molecule has 1 aliphatic rings. The SMILES string of the molecule is CN[C@H]1CCN(C(=O)CCc2oc(-n3cnc4ccccc43)nc2-c2ccc(Cl)cc2)C1. The lowest BCUT2D eigenvalue weighted by atomic mass is 10.1. The number of likely N-dealkylation sites (tertiary alicyclic amines) is 1. The van der Waals surface area contributed by atoms with Crippen molar-refractivity contribution in [3.8, 4) is 17.3 Å². The van der Waals surface area contributed by atoms with Crippen LogP contribution >= 0.6 is 11.6 Å². The van der Waals surface area contributed by atoms with Gasteiger partial charge in [0, 0.05) is 42.6 Å². The molecule has 1 saturated heterocycles. The van der Waals surface area contributed by atoms with Crippen LogP contribution in [0, 0.1) is 0 Å². The van der Waals surface area contributed by atoms with Gasteiger partial charge < -0.3 is 14.6 Å². The van der Waals surface area contributed by atoms with E-state index in [0.717, 1.165) is 41.8 Å². The minimum Gasteiger partial charge on any atom is -0.427 e. The van der Waals surface area contributed by atoms with Crippen molar-refractivity contribution < 1.29 is 9.21 Å². The molecule has 2 aromatic carbocycles. The van der Waals surface area contributed by atoms with Crippen LogP contribution in [0.4, 0.5) is 0 Å². The number of rotatable bonds is 6. The largest absolute Gasteiger partial charge is 0.427 e. The lowest BCUT2D eigenvalue weighted by Gasteiger charge is -2.16. The maximum atomic E-state index is 12.8. The standard InChI is InChI=1S/C24H24ClN5O2/c1-26-18-12-13-29(14-18)22(31)11-10-21-23(16-6-8-17(25)9-7-16)28-24(32-21)30-15-27-19-4-2-3-5-20(19)30/h2-9,15,18,26H,10-14H2,1H3/t18-/m0/s1. The molecule has 0 unspecified atom stereocenters. The zero-order valence-corrected chi connectivity index (χ0v) is 18.5. The minimum absolute atomic E-state index is 0.135. The number of para-hydroxylation sites is 2. The van der Waals surface area contributed by atoms with Gasteiger partial charge in [-0.2, -0.15) is 4.98 Å². The van der Waals surface area contributed by atoms with E-state index in [1.54, 1.807) is 6.33 Å². The van der Waals surface area contributed by atoms with Gasteiger partial charge in [0.15, 0.2) is 0 Å². The van der Waals surface area contributed by atoms with Crippen LogP contribution in [0.15, 0.2) is 59.3 Å². The predicted octanol–water partition coefficient (Wildman–Crippen LogP) is 4.09. The molecule has 5 rings (SSSR count). The number of amides is 1. The molecule has 1 fully saturated rings.